The minimum atomic E-state index is -1.04. The van der Waals surface area contributed by atoms with Crippen molar-refractivity contribution in [1.82, 2.24) is 5.32 Å². The largest absolute Gasteiger partial charge is 0.481 e. The van der Waals surface area contributed by atoms with Crippen molar-refractivity contribution in [2.45, 2.75) is 154 Å². The van der Waals surface area contributed by atoms with Crippen LogP contribution in [0.1, 0.15) is 148 Å². The predicted octanol–water partition coefficient (Wildman–Crippen LogP) is 6.39. The molecule has 0 spiro atoms. The number of hydrogen-bond acceptors (Lipinski definition) is 5. The zero-order valence-electron chi connectivity index (χ0n) is 24.0. The maximum absolute atomic E-state index is 12.3. The number of carboxylic acids is 2. The first-order chi connectivity index (χ1) is 18.3. The molecule has 0 fully saturated rings. The zero-order chi connectivity index (χ0) is 28.4. The third kappa shape index (κ3) is 23.2. The number of aliphatic carboxylic acids is 2. The topological polar surface area (TPSA) is 147 Å². The third-order valence-corrected chi connectivity index (χ3v) is 7.18. The molecule has 0 aromatic heterocycles. The van der Waals surface area contributed by atoms with Crippen molar-refractivity contribution < 1.29 is 29.4 Å². The van der Waals surface area contributed by atoms with Crippen molar-refractivity contribution in [1.29, 1.82) is 0 Å². The molecule has 0 aromatic carbocycles. The molecule has 8 heteroatoms. The maximum Gasteiger partial charge on any atom is 0.320 e. The van der Waals surface area contributed by atoms with Crippen molar-refractivity contribution in [3.8, 4) is 0 Å². The summed E-state index contributed by atoms with van der Waals surface area (Å²) in [6.07, 6.45) is 21.0. The van der Waals surface area contributed by atoms with Crippen LogP contribution in [-0.2, 0) is 19.2 Å². The number of nitrogens with one attached hydrogen (secondary N) is 1. The summed E-state index contributed by atoms with van der Waals surface area (Å²) in [5.74, 6) is -3.21. The Balaban J connectivity index is 3.73. The van der Waals surface area contributed by atoms with E-state index in [9.17, 15) is 24.3 Å². The quantitative estimate of drug-likeness (QED) is 0.0841. The van der Waals surface area contributed by atoms with Crippen molar-refractivity contribution in [3.05, 3.63) is 0 Å². The molecule has 5 N–H and O–H groups in total. The number of unbranched alkanes of at least 4 members (excludes halogenated alkanes) is 15. The van der Waals surface area contributed by atoms with Gasteiger partial charge in [0.05, 0.1) is 5.92 Å². The monoisotopic (exact) mass is 540 g/mol. The molecule has 2 atom stereocenters. The number of rotatable bonds is 28. The van der Waals surface area contributed by atoms with Gasteiger partial charge in [-0.1, -0.05) is 96.8 Å². The van der Waals surface area contributed by atoms with E-state index in [1.165, 1.54) is 77.0 Å². The van der Waals surface area contributed by atoms with Crippen LogP contribution in [0.2, 0.25) is 0 Å². The van der Waals surface area contributed by atoms with E-state index in [0.29, 0.717) is 32.2 Å². The number of carbonyl (C=O) groups excluding carboxylic acids is 2. The SMILES string of the molecule is CCCCCCCCCCCCCCCCCC(=O)C[C@@H](CCC(=O)NCCCC[C@H](N)C(=O)O)C(=O)O. The summed E-state index contributed by atoms with van der Waals surface area (Å²) < 4.78 is 0. The van der Waals surface area contributed by atoms with Crippen LogP contribution in [-0.4, -0.2) is 46.4 Å². The van der Waals surface area contributed by atoms with Gasteiger partial charge >= 0.3 is 11.9 Å². The van der Waals surface area contributed by atoms with Crippen LogP contribution in [0.5, 0.6) is 0 Å². The van der Waals surface area contributed by atoms with Gasteiger partial charge in [0.25, 0.3) is 0 Å². The normalized spacial score (nSPS) is 12.7. The van der Waals surface area contributed by atoms with Gasteiger partial charge < -0.3 is 21.3 Å². The zero-order valence-corrected chi connectivity index (χ0v) is 24.0. The van der Waals surface area contributed by atoms with Crippen molar-refractivity contribution >= 4 is 23.6 Å². The Kier molecular flexibility index (Phi) is 24.0. The lowest BCUT2D eigenvalue weighted by molar-refractivity contribution is -0.144. The van der Waals surface area contributed by atoms with Crippen molar-refractivity contribution in [2.75, 3.05) is 6.54 Å². The molecule has 0 aliphatic heterocycles. The molecule has 0 saturated carbocycles. The molecule has 0 aliphatic carbocycles. The van der Waals surface area contributed by atoms with E-state index in [1.807, 2.05) is 0 Å². The highest BCUT2D eigenvalue weighted by atomic mass is 16.4. The highest BCUT2D eigenvalue weighted by Crippen LogP contribution is 2.17. The average molecular weight is 541 g/mol. The number of amides is 1. The van der Waals surface area contributed by atoms with Crippen LogP contribution in [0.3, 0.4) is 0 Å². The summed E-state index contributed by atoms with van der Waals surface area (Å²) in [6, 6.07) is -0.895. The third-order valence-electron chi connectivity index (χ3n) is 7.18. The molecule has 0 saturated heterocycles. The molecule has 38 heavy (non-hydrogen) atoms. The van der Waals surface area contributed by atoms with Gasteiger partial charge in [0.1, 0.15) is 11.8 Å². The summed E-state index contributed by atoms with van der Waals surface area (Å²) in [7, 11) is 0. The lowest BCUT2D eigenvalue weighted by Crippen LogP contribution is -2.30. The minimum Gasteiger partial charge on any atom is -0.481 e. The number of carbonyl (C=O) groups is 4. The van der Waals surface area contributed by atoms with E-state index in [0.717, 1.165) is 19.3 Å². The maximum atomic E-state index is 12.3. The lowest BCUT2D eigenvalue weighted by Gasteiger charge is -2.12. The van der Waals surface area contributed by atoms with Crippen molar-refractivity contribution in [2.24, 2.45) is 11.7 Å². The molecule has 0 radical (unpaired) electrons. The molecule has 0 unspecified atom stereocenters. The highest BCUT2D eigenvalue weighted by molar-refractivity contribution is 5.84. The Morgan fingerprint density at radius 1 is 0.632 bits per heavy atom. The minimum absolute atomic E-state index is 0.0195. The first-order valence-corrected chi connectivity index (χ1v) is 15.3. The van der Waals surface area contributed by atoms with Gasteiger partial charge in [-0.15, -0.1) is 0 Å². The van der Waals surface area contributed by atoms with Gasteiger partial charge in [0.15, 0.2) is 0 Å². The Morgan fingerprint density at radius 2 is 1.13 bits per heavy atom. The number of carboxylic acid groups (broad SMARTS) is 2. The molecular formula is C30H56N2O6. The van der Waals surface area contributed by atoms with Crippen LogP contribution < -0.4 is 11.1 Å². The molecule has 1 amide bonds. The first-order valence-electron chi connectivity index (χ1n) is 15.3. The summed E-state index contributed by atoms with van der Waals surface area (Å²) in [4.78, 5) is 46.5. The van der Waals surface area contributed by atoms with E-state index in [1.54, 1.807) is 0 Å². The second kappa shape index (κ2) is 25.3. The molecule has 8 nitrogen and oxygen atoms in total. The molecule has 222 valence electrons. The molecular weight excluding hydrogens is 484 g/mol. The van der Waals surface area contributed by atoms with Gasteiger partial charge in [-0.25, -0.2) is 0 Å². The fourth-order valence-corrected chi connectivity index (χ4v) is 4.62. The molecule has 0 aromatic rings. The average Bonchev–Trinajstić information content (AvgIpc) is 2.88. The van der Waals surface area contributed by atoms with Crippen LogP contribution in [0.4, 0.5) is 0 Å². The van der Waals surface area contributed by atoms with E-state index in [4.69, 9.17) is 10.8 Å². The first kappa shape index (κ1) is 36.0. The van der Waals surface area contributed by atoms with E-state index >= 15 is 0 Å². The summed E-state index contributed by atoms with van der Waals surface area (Å²) in [6.45, 7) is 2.64. The van der Waals surface area contributed by atoms with Gasteiger partial charge in [-0.2, -0.15) is 0 Å². The van der Waals surface area contributed by atoms with Gasteiger partial charge in [-0.05, 0) is 32.1 Å². The lowest BCUT2D eigenvalue weighted by atomic mass is 9.94. The number of ketones is 1. The summed E-state index contributed by atoms with van der Waals surface area (Å²) in [5.41, 5.74) is 5.43. The Morgan fingerprint density at radius 3 is 1.61 bits per heavy atom. The second-order valence-corrected chi connectivity index (χ2v) is 10.8. The van der Waals surface area contributed by atoms with Gasteiger partial charge in [-0.3, -0.25) is 19.2 Å². The Bertz CT molecular complexity index is 640. The number of nitrogens with two attached hydrogens (primary N) is 1. The van der Waals surface area contributed by atoms with E-state index in [-0.39, 0.29) is 31.0 Å². The Hall–Kier alpha value is -1.96. The molecule has 0 heterocycles. The standard InChI is InChI=1S/C30H56N2O6/c1-2-3-4-5-6-7-8-9-10-11-12-13-14-15-16-19-26(33)24-25(29(35)36)21-22-28(34)32-23-18-17-20-27(31)30(37)38/h25,27H,2-24,31H2,1H3,(H,32,34)(H,35,36)(H,37,38)/t25-,27+/m1/s1. The highest BCUT2D eigenvalue weighted by Gasteiger charge is 2.22. The van der Waals surface area contributed by atoms with Crippen LogP contribution in [0, 0.1) is 5.92 Å². The van der Waals surface area contributed by atoms with Gasteiger partial charge in [0.2, 0.25) is 5.91 Å². The molecule has 0 aliphatic rings. The fraction of sp³-hybridized carbons (Fsp3) is 0.867. The second-order valence-electron chi connectivity index (χ2n) is 10.8. The number of Topliss-reactive ketones (excluding diaryl/α,β-unsaturated/α-hetero) is 1. The summed E-state index contributed by atoms with van der Waals surface area (Å²) in [5, 5.41) is 20.9. The van der Waals surface area contributed by atoms with Crippen molar-refractivity contribution in [3.63, 3.8) is 0 Å². The van der Waals surface area contributed by atoms with E-state index in [2.05, 4.69) is 12.2 Å². The van der Waals surface area contributed by atoms with Crippen LogP contribution in [0.25, 0.3) is 0 Å². The van der Waals surface area contributed by atoms with E-state index < -0.39 is 23.9 Å². The summed E-state index contributed by atoms with van der Waals surface area (Å²) >= 11 is 0. The predicted molar refractivity (Wildman–Crippen MR) is 152 cm³/mol. The fourth-order valence-electron chi connectivity index (χ4n) is 4.62. The van der Waals surface area contributed by atoms with Crippen LogP contribution in [0.15, 0.2) is 0 Å². The van der Waals surface area contributed by atoms with Gasteiger partial charge in [0, 0.05) is 25.8 Å². The number of hydrogen-bond donors (Lipinski definition) is 4. The van der Waals surface area contributed by atoms with Crippen LogP contribution >= 0.6 is 0 Å². The smallest absolute Gasteiger partial charge is 0.320 e. The Labute approximate surface area is 230 Å². The molecule has 0 bridgehead atoms. The molecule has 0 rings (SSSR count).